The van der Waals surface area contributed by atoms with Gasteiger partial charge >= 0.3 is 5.97 Å². The lowest BCUT2D eigenvalue weighted by Crippen LogP contribution is -2.47. The summed E-state index contributed by atoms with van der Waals surface area (Å²) in [6.07, 6.45) is 0. The van der Waals surface area contributed by atoms with Crippen molar-refractivity contribution in [3.8, 4) is 17.5 Å². The lowest BCUT2D eigenvalue weighted by molar-refractivity contribution is -0.145. The highest BCUT2D eigenvalue weighted by atomic mass is 16.5. The average molecular weight is 460 g/mol. The van der Waals surface area contributed by atoms with E-state index >= 15 is 0 Å². The average Bonchev–Trinajstić information content (AvgIpc) is 3.43. The molecular weight excluding hydrogens is 436 g/mol. The number of amides is 1. The molecule has 1 aromatic heterocycles. The zero-order valence-corrected chi connectivity index (χ0v) is 19.1. The SMILES string of the molecule is Cc1nc(-c2ccc(C)c(N(CC(=O)O)CC(=O)N(C)N3Cc4ccc(C#N)cc4C3)c2)no1. The standard InChI is InChI=1S/C24H24N6O4/c1-15-4-6-18(24-26-16(2)34-27-24)9-21(15)29(14-23(32)33)13-22(31)28(3)30-11-19-7-5-17(10-25)8-20(19)12-30/h4-9H,11-14H2,1-3H3,(H,32,33). The van der Waals surface area contributed by atoms with Crippen LogP contribution in [0.3, 0.4) is 0 Å². The van der Waals surface area contributed by atoms with Gasteiger partial charge in [-0.15, -0.1) is 0 Å². The molecule has 0 fully saturated rings. The third-order valence-electron chi connectivity index (χ3n) is 5.81. The molecule has 1 aliphatic heterocycles. The van der Waals surface area contributed by atoms with E-state index in [2.05, 4.69) is 16.2 Å². The minimum Gasteiger partial charge on any atom is -0.480 e. The van der Waals surface area contributed by atoms with Crippen LogP contribution in [0, 0.1) is 25.2 Å². The van der Waals surface area contributed by atoms with Crippen LogP contribution in [0.4, 0.5) is 5.69 Å². The van der Waals surface area contributed by atoms with Crippen molar-refractivity contribution in [3.63, 3.8) is 0 Å². The quantitative estimate of drug-likeness (QED) is 0.566. The second kappa shape index (κ2) is 9.33. The smallest absolute Gasteiger partial charge is 0.323 e. The number of carboxylic acids is 1. The first-order chi connectivity index (χ1) is 16.2. The molecule has 0 spiro atoms. The Morgan fingerprint density at radius 3 is 2.59 bits per heavy atom. The summed E-state index contributed by atoms with van der Waals surface area (Å²) in [5, 5.41) is 26.0. The molecule has 10 heteroatoms. The molecule has 0 aliphatic carbocycles. The summed E-state index contributed by atoms with van der Waals surface area (Å²) in [7, 11) is 1.67. The number of anilines is 1. The number of carbonyl (C=O) groups is 2. The van der Waals surface area contributed by atoms with Gasteiger partial charge in [-0.25, -0.2) is 5.01 Å². The van der Waals surface area contributed by atoms with Gasteiger partial charge in [0.1, 0.15) is 6.54 Å². The van der Waals surface area contributed by atoms with E-state index in [1.165, 1.54) is 9.91 Å². The molecule has 3 aromatic rings. The Labute approximate surface area is 196 Å². The highest BCUT2D eigenvalue weighted by Gasteiger charge is 2.27. The van der Waals surface area contributed by atoms with E-state index in [0.717, 1.165) is 16.7 Å². The fourth-order valence-electron chi connectivity index (χ4n) is 3.98. The van der Waals surface area contributed by atoms with Crippen LogP contribution in [0.2, 0.25) is 0 Å². The Morgan fingerprint density at radius 2 is 1.91 bits per heavy atom. The molecule has 4 rings (SSSR count). The Bertz CT molecular complexity index is 1290. The Balaban J connectivity index is 1.54. The number of hydrogen-bond acceptors (Lipinski definition) is 8. The molecular formula is C24H24N6O4. The summed E-state index contributed by atoms with van der Waals surface area (Å²) in [4.78, 5) is 30.6. The number of rotatable bonds is 7. The van der Waals surface area contributed by atoms with Crippen LogP contribution in [-0.4, -0.2) is 57.3 Å². The van der Waals surface area contributed by atoms with Crippen molar-refractivity contribution >= 4 is 17.6 Å². The van der Waals surface area contributed by atoms with Gasteiger partial charge < -0.3 is 14.5 Å². The van der Waals surface area contributed by atoms with Crippen LogP contribution in [0.25, 0.3) is 11.4 Å². The minimum absolute atomic E-state index is 0.130. The molecule has 34 heavy (non-hydrogen) atoms. The Kier molecular flexibility index (Phi) is 6.30. The molecule has 0 bridgehead atoms. The molecule has 1 N–H and O–H groups in total. The van der Waals surface area contributed by atoms with Crippen LogP contribution in [0.15, 0.2) is 40.9 Å². The van der Waals surface area contributed by atoms with Crippen molar-refractivity contribution < 1.29 is 19.2 Å². The van der Waals surface area contributed by atoms with Gasteiger partial charge in [0, 0.05) is 38.3 Å². The number of aliphatic carboxylic acids is 1. The summed E-state index contributed by atoms with van der Waals surface area (Å²) in [5.74, 6) is -0.489. The number of hydrogen-bond donors (Lipinski definition) is 1. The van der Waals surface area contributed by atoms with E-state index in [1.54, 1.807) is 26.1 Å². The van der Waals surface area contributed by atoms with Crippen LogP contribution >= 0.6 is 0 Å². The van der Waals surface area contributed by atoms with E-state index in [1.807, 2.05) is 36.2 Å². The molecule has 0 saturated heterocycles. The van der Waals surface area contributed by atoms with Crippen molar-refractivity contribution in [2.24, 2.45) is 0 Å². The van der Waals surface area contributed by atoms with Crippen molar-refractivity contribution in [1.82, 2.24) is 20.2 Å². The first kappa shape index (κ1) is 22.9. The zero-order chi connectivity index (χ0) is 24.4. The fraction of sp³-hybridized carbons (Fsp3) is 0.292. The maximum atomic E-state index is 13.2. The molecule has 1 amide bonds. The van der Waals surface area contributed by atoms with Crippen molar-refractivity contribution in [1.29, 1.82) is 5.26 Å². The molecule has 2 heterocycles. The molecule has 2 aromatic carbocycles. The van der Waals surface area contributed by atoms with Gasteiger partial charge in [-0.1, -0.05) is 23.4 Å². The van der Waals surface area contributed by atoms with E-state index in [9.17, 15) is 14.7 Å². The van der Waals surface area contributed by atoms with Gasteiger partial charge in [-0.2, -0.15) is 10.2 Å². The first-order valence-corrected chi connectivity index (χ1v) is 10.7. The number of carboxylic acid groups (broad SMARTS) is 1. The first-order valence-electron chi connectivity index (χ1n) is 10.7. The van der Waals surface area contributed by atoms with Gasteiger partial charge in [0.25, 0.3) is 5.91 Å². The number of nitrogens with zero attached hydrogens (tertiary/aromatic N) is 6. The van der Waals surface area contributed by atoms with Crippen LogP contribution in [0.1, 0.15) is 28.1 Å². The van der Waals surface area contributed by atoms with Crippen LogP contribution < -0.4 is 4.90 Å². The van der Waals surface area contributed by atoms with Gasteiger partial charge in [-0.05, 0) is 41.8 Å². The molecule has 0 atom stereocenters. The van der Waals surface area contributed by atoms with Crippen molar-refractivity contribution in [3.05, 3.63) is 64.5 Å². The maximum Gasteiger partial charge on any atom is 0.323 e. The summed E-state index contributed by atoms with van der Waals surface area (Å²) in [6, 6.07) is 13.1. The van der Waals surface area contributed by atoms with Gasteiger partial charge in [0.2, 0.25) is 11.7 Å². The number of nitriles is 1. The number of aryl methyl sites for hydroxylation is 2. The fourth-order valence-corrected chi connectivity index (χ4v) is 3.98. The number of carbonyl (C=O) groups excluding carboxylic acids is 1. The lowest BCUT2D eigenvalue weighted by Gasteiger charge is -2.31. The van der Waals surface area contributed by atoms with E-state index < -0.39 is 5.97 Å². The van der Waals surface area contributed by atoms with E-state index in [0.29, 0.717) is 41.6 Å². The van der Waals surface area contributed by atoms with Crippen molar-refractivity contribution in [2.45, 2.75) is 26.9 Å². The zero-order valence-electron chi connectivity index (χ0n) is 19.1. The van der Waals surface area contributed by atoms with Crippen LogP contribution in [-0.2, 0) is 22.7 Å². The topological polar surface area (TPSA) is 127 Å². The number of hydrazine groups is 1. The van der Waals surface area contributed by atoms with Crippen LogP contribution in [0.5, 0.6) is 0 Å². The minimum atomic E-state index is -1.05. The van der Waals surface area contributed by atoms with Gasteiger partial charge in [0.05, 0.1) is 18.2 Å². The second-order valence-electron chi connectivity index (χ2n) is 8.22. The third kappa shape index (κ3) is 4.74. The predicted octanol–water partition coefficient (Wildman–Crippen LogP) is 2.51. The molecule has 1 aliphatic rings. The number of aromatic nitrogens is 2. The summed E-state index contributed by atoms with van der Waals surface area (Å²) >= 11 is 0. The Morgan fingerprint density at radius 1 is 1.15 bits per heavy atom. The summed E-state index contributed by atoms with van der Waals surface area (Å²) in [6.45, 7) is 4.10. The lowest BCUT2D eigenvalue weighted by atomic mass is 10.1. The summed E-state index contributed by atoms with van der Waals surface area (Å²) < 4.78 is 5.06. The number of likely N-dealkylation sites (N-methyl/N-ethyl adjacent to an activating group) is 1. The van der Waals surface area contributed by atoms with E-state index in [4.69, 9.17) is 9.78 Å². The van der Waals surface area contributed by atoms with Crippen molar-refractivity contribution in [2.75, 3.05) is 25.0 Å². The molecule has 0 radical (unpaired) electrons. The molecule has 0 saturated carbocycles. The van der Waals surface area contributed by atoms with E-state index in [-0.39, 0.29) is 19.0 Å². The second-order valence-corrected chi connectivity index (χ2v) is 8.22. The highest BCUT2D eigenvalue weighted by molar-refractivity contribution is 5.85. The largest absolute Gasteiger partial charge is 0.480 e. The third-order valence-corrected chi connectivity index (χ3v) is 5.81. The molecule has 174 valence electrons. The van der Waals surface area contributed by atoms with Gasteiger partial charge in [0.15, 0.2) is 0 Å². The van der Waals surface area contributed by atoms with Gasteiger partial charge in [-0.3, -0.25) is 14.6 Å². The highest BCUT2D eigenvalue weighted by Crippen LogP contribution is 2.28. The predicted molar refractivity (Wildman–Crippen MR) is 122 cm³/mol. The number of benzene rings is 2. The normalized spacial score (nSPS) is 12.8. The maximum absolute atomic E-state index is 13.2. The molecule has 10 nitrogen and oxygen atoms in total. The molecule has 0 unspecified atom stereocenters. The summed E-state index contributed by atoms with van der Waals surface area (Å²) in [5.41, 5.74) is 4.72. The Hall–Kier alpha value is -4.23. The monoisotopic (exact) mass is 460 g/mol. The number of fused-ring (bicyclic) bond motifs is 1.